The fraction of sp³-hybridized carbons (Fsp3) is 0.441. The lowest BCUT2D eigenvalue weighted by Gasteiger charge is -2.35. The van der Waals surface area contributed by atoms with Gasteiger partial charge in [0.2, 0.25) is 0 Å². The van der Waals surface area contributed by atoms with E-state index in [9.17, 15) is 19.5 Å². The van der Waals surface area contributed by atoms with Gasteiger partial charge in [0.05, 0.1) is 37.0 Å². The van der Waals surface area contributed by atoms with Crippen molar-refractivity contribution in [3.05, 3.63) is 58.4 Å². The van der Waals surface area contributed by atoms with Crippen molar-refractivity contribution in [2.45, 2.75) is 66.1 Å². The Morgan fingerprint density at radius 1 is 0.960 bits per heavy atom. The molecule has 0 bridgehead atoms. The maximum Gasteiger partial charge on any atom is 0.277 e. The molecule has 1 saturated heterocycles. The van der Waals surface area contributed by atoms with Crippen LogP contribution in [-0.2, 0) is 19.6 Å². The van der Waals surface area contributed by atoms with E-state index in [0.29, 0.717) is 62.8 Å². The number of unbranched alkanes of at least 4 members (excludes halogenated alkanes) is 2. The summed E-state index contributed by atoms with van der Waals surface area (Å²) in [4.78, 5) is 55.6. The second-order valence-corrected chi connectivity index (χ2v) is 12.4. The molecule has 4 aromatic rings. The quantitative estimate of drug-likeness (QED) is 0.118. The van der Waals surface area contributed by atoms with E-state index >= 15 is 0 Å². The number of nitrogens with zero attached hydrogens (tertiary/aromatic N) is 7. The second-order valence-electron chi connectivity index (χ2n) is 12.0. The average molecular weight is 708 g/mol. The number of nitrogens with one attached hydrogen (secondary N) is 1. The fourth-order valence-corrected chi connectivity index (χ4v) is 6.24. The lowest BCUT2D eigenvalue weighted by atomic mass is 10.1. The summed E-state index contributed by atoms with van der Waals surface area (Å²) in [6, 6.07) is 5.17. The summed E-state index contributed by atoms with van der Waals surface area (Å²) >= 11 is 6.02. The van der Waals surface area contributed by atoms with E-state index in [1.165, 1.54) is 18.5 Å². The zero-order valence-corrected chi connectivity index (χ0v) is 29.4. The molecule has 6 N–H and O–H groups in total. The first-order chi connectivity index (χ1) is 24.1. The number of nitrogen functional groups attached to an aromatic ring is 2. The number of fused-ring (bicyclic) bond motifs is 1. The number of hydrogen-bond donors (Lipinski definition) is 4. The molecule has 3 aromatic heterocycles. The van der Waals surface area contributed by atoms with Gasteiger partial charge in [0.25, 0.3) is 23.5 Å². The molecule has 16 heteroatoms. The summed E-state index contributed by atoms with van der Waals surface area (Å²) in [6.07, 6.45) is 6.37. The Morgan fingerprint density at radius 3 is 2.34 bits per heavy atom. The molecule has 0 atom stereocenters. The number of amides is 3. The fourth-order valence-electron chi connectivity index (χ4n) is 6.11. The van der Waals surface area contributed by atoms with Crippen LogP contribution in [0.25, 0.3) is 11.0 Å². The molecule has 0 spiro atoms. The van der Waals surface area contributed by atoms with Gasteiger partial charge in [0.1, 0.15) is 18.0 Å². The minimum absolute atomic E-state index is 0.0630. The van der Waals surface area contributed by atoms with Gasteiger partial charge in [-0.15, -0.1) is 0 Å². The van der Waals surface area contributed by atoms with Crippen molar-refractivity contribution in [2.75, 3.05) is 44.3 Å². The van der Waals surface area contributed by atoms with Gasteiger partial charge in [0.15, 0.2) is 33.5 Å². The first-order valence-electron chi connectivity index (χ1n) is 16.9. The van der Waals surface area contributed by atoms with Gasteiger partial charge in [-0.05, 0) is 25.8 Å². The first kappa shape index (κ1) is 36.1. The van der Waals surface area contributed by atoms with E-state index in [1.807, 2.05) is 19.1 Å². The van der Waals surface area contributed by atoms with Gasteiger partial charge < -0.3 is 36.4 Å². The number of anilines is 2. The van der Waals surface area contributed by atoms with Gasteiger partial charge in [-0.2, -0.15) is 0 Å². The molecule has 1 aliphatic heterocycles. The van der Waals surface area contributed by atoms with Gasteiger partial charge in [-0.1, -0.05) is 38.3 Å². The smallest absolute Gasteiger partial charge is 0.277 e. The van der Waals surface area contributed by atoms with Crippen LogP contribution in [0.4, 0.5) is 11.6 Å². The van der Waals surface area contributed by atoms with Crippen molar-refractivity contribution in [1.82, 2.24) is 34.6 Å². The predicted octanol–water partition coefficient (Wildman–Crippen LogP) is 3.16. The molecule has 50 heavy (non-hydrogen) atoms. The van der Waals surface area contributed by atoms with Crippen LogP contribution in [0.3, 0.4) is 0 Å². The van der Waals surface area contributed by atoms with Gasteiger partial charge in [-0.3, -0.25) is 19.4 Å². The molecule has 1 fully saturated rings. The molecular weight excluding hydrogens is 664 g/mol. The number of rotatable bonds is 13. The summed E-state index contributed by atoms with van der Waals surface area (Å²) in [7, 11) is 0. The standard InChI is InChI=1S/C34H43ClN10O5/c1-4-7-8-14-50-26-17-25-24(16-23(26)34(49)43-12-10-42(11-13-43)33(48)21-15-22(46)19-38-18-21)44(6-3)27(45(25)9-5-2)20-39-32(47)28-30(36)41-31(37)29(35)40-28/h15-19H,4-14,20H2,1-3H3,(H5-,36,37,39,41,46,47)/p+1. The molecule has 266 valence electrons. The number of halogens is 1. The maximum atomic E-state index is 14.2. The van der Waals surface area contributed by atoms with Gasteiger partial charge in [-0.25, -0.2) is 19.1 Å². The number of aromatic nitrogens is 5. The monoisotopic (exact) mass is 707 g/mol. The molecule has 0 unspecified atom stereocenters. The second kappa shape index (κ2) is 16.0. The van der Waals surface area contributed by atoms with Crippen LogP contribution >= 0.6 is 11.6 Å². The third-order valence-corrected chi connectivity index (χ3v) is 8.91. The number of carbonyl (C=O) groups is 3. The van der Waals surface area contributed by atoms with Gasteiger partial charge in [0, 0.05) is 44.5 Å². The highest BCUT2D eigenvalue weighted by Gasteiger charge is 2.32. The van der Waals surface area contributed by atoms with E-state index < -0.39 is 5.91 Å². The van der Waals surface area contributed by atoms with E-state index in [2.05, 4.69) is 43.3 Å². The number of aromatic hydroxyl groups is 1. The van der Waals surface area contributed by atoms with Crippen LogP contribution in [0.2, 0.25) is 5.15 Å². The van der Waals surface area contributed by atoms with Crippen LogP contribution in [0.15, 0.2) is 30.6 Å². The van der Waals surface area contributed by atoms with Crippen molar-refractivity contribution < 1.29 is 28.8 Å². The summed E-state index contributed by atoms with van der Waals surface area (Å²) in [5, 5.41) is 12.6. The van der Waals surface area contributed by atoms with E-state index in [4.69, 9.17) is 27.8 Å². The minimum Gasteiger partial charge on any atom is -0.506 e. The Bertz CT molecular complexity index is 1890. The number of aryl methyl sites for hydroxylation is 2. The normalized spacial score (nSPS) is 13.1. The lowest BCUT2D eigenvalue weighted by molar-refractivity contribution is -0.680. The Balaban J connectivity index is 1.46. The number of hydrogen-bond acceptors (Lipinski definition) is 10. The van der Waals surface area contributed by atoms with Crippen LogP contribution in [0.5, 0.6) is 11.5 Å². The molecule has 1 aliphatic rings. The number of ether oxygens (including phenoxy) is 1. The third-order valence-electron chi connectivity index (χ3n) is 8.63. The van der Waals surface area contributed by atoms with Crippen molar-refractivity contribution in [1.29, 1.82) is 0 Å². The molecule has 1 aromatic carbocycles. The number of carbonyl (C=O) groups excluding carboxylic acids is 3. The van der Waals surface area contributed by atoms with Crippen molar-refractivity contribution in [3.8, 4) is 11.5 Å². The molecule has 0 aliphatic carbocycles. The number of pyridine rings is 1. The highest BCUT2D eigenvalue weighted by atomic mass is 35.5. The molecule has 4 heterocycles. The predicted molar refractivity (Wildman–Crippen MR) is 188 cm³/mol. The third kappa shape index (κ3) is 7.67. The van der Waals surface area contributed by atoms with Crippen LogP contribution < -0.4 is 26.1 Å². The van der Waals surface area contributed by atoms with Crippen LogP contribution in [0, 0.1) is 0 Å². The maximum absolute atomic E-state index is 14.2. The SMILES string of the molecule is CCCCCOc1cc2c(cc1C(=O)N1CCN(C(=O)c3cncc(O)c3)CC1)n(CC)c(CNC(=O)c1nc(Cl)c(N)nc1N)[n+]2CCC. The summed E-state index contributed by atoms with van der Waals surface area (Å²) in [5.41, 5.74) is 13.9. The van der Waals surface area contributed by atoms with Gasteiger partial charge >= 0.3 is 0 Å². The number of piperazine rings is 1. The summed E-state index contributed by atoms with van der Waals surface area (Å²) < 4.78 is 10.5. The Morgan fingerprint density at radius 2 is 1.68 bits per heavy atom. The summed E-state index contributed by atoms with van der Waals surface area (Å²) in [6.45, 7) is 9.29. The Labute approximate surface area is 295 Å². The summed E-state index contributed by atoms with van der Waals surface area (Å²) in [5.74, 6) is 0.0115. The van der Waals surface area contributed by atoms with E-state index in [0.717, 1.165) is 42.5 Å². The van der Waals surface area contributed by atoms with E-state index in [-0.39, 0.29) is 46.6 Å². The highest BCUT2D eigenvalue weighted by Crippen LogP contribution is 2.29. The number of imidazole rings is 1. The van der Waals surface area contributed by atoms with Crippen molar-refractivity contribution in [2.24, 2.45) is 0 Å². The first-order valence-corrected chi connectivity index (χ1v) is 17.3. The molecule has 15 nitrogen and oxygen atoms in total. The topological polar surface area (TPSA) is 199 Å². The molecule has 0 saturated carbocycles. The lowest BCUT2D eigenvalue weighted by Crippen LogP contribution is -2.50. The molecular formula is C34H44ClN10O5+. The zero-order valence-electron chi connectivity index (χ0n) is 28.6. The number of nitrogens with two attached hydrogens (primary N) is 2. The van der Waals surface area contributed by atoms with E-state index in [1.54, 1.807) is 9.80 Å². The van der Waals surface area contributed by atoms with Crippen molar-refractivity contribution >= 4 is 52.0 Å². The minimum atomic E-state index is -0.554. The van der Waals surface area contributed by atoms with Crippen LogP contribution in [0.1, 0.15) is 83.5 Å². The van der Waals surface area contributed by atoms with Crippen molar-refractivity contribution in [3.63, 3.8) is 0 Å². The zero-order chi connectivity index (χ0) is 35.9. The Hall–Kier alpha value is -5.18. The van der Waals surface area contributed by atoms with Crippen LogP contribution in [-0.4, -0.2) is 84.9 Å². The Kier molecular flexibility index (Phi) is 11.6. The largest absolute Gasteiger partial charge is 0.506 e. The average Bonchev–Trinajstić information content (AvgIpc) is 3.40. The highest BCUT2D eigenvalue weighted by molar-refractivity contribution is 6.31. The number of benzene rings is 1. The molecule has 5 rings (SSSR count). The molecule has 3 amide bonds. The molecule has 0 radical (unpaired) electrons.